The van der Waals surface area contributed by atoms with Crippen LogP contribution in [0.5, 0.6) is 0 Å². The second-order valence-corrected chi connectivity index (χ2v) is 7.16. The van der Waals surface area contributed by atoms with E-state index in [0.717, 1.165) is 20.8 Å². The number of benzene rings is 2. The fourth-order valence-electron chi connectivity index (χ4n) is 2.65. The molecule has 0 fully saturated rings. The summed E-state index contributed by atoms with van der Waals surface area (Å²) in [5, 5.41) is 3.39. The Balaban J connectivity index is 1.42. The molecule has 2 heterocycles. The van der Waals surface area contributed by atoms with Crippen molar-refractivity contribution in [2.24, 2.45) is 0 Å². The van der Waals surface area contributed by atoms with Crippen LogP contribution in [-0.4, -0.2) is 16.7 Å². The number of Topliss-reactive ketones (excluding diaryl/α,β-unsaturated/α-hetero) is 1. The summed E-state index contributed by atoms with van der Waals surface area (Å²) in [6.45, 7) is 2.07. The second kappa shape index (κ2) is 7.17. The fraction of sp³-hybridized carbons (Fsp3) is 0.0952. The molecule has 6 heteroatoms. The predicted molar refractivity (Wildman–Crippen MR) is 105 cm³/mol. The highest BCUT2D eigenvalue weighted by Crippen LogP contribution is 2.31. The minimum atomic E-state index is -0.656. The lowest BCUT2D eigenvalue weighted by Crippen LogP contribution is -2.30. The number of aryl methyl sites for hydroxylation is 1. The third-order valence-corrected chi connectivity index (χ3v) is 5.16. The molecule has 0 spiro atoms. The van der Waals surface area contributed by atoms with Crippen molar-refractivity contribution in [2.75, 3.05) is 0 Å². The Morgan fingerprint density at radius 2 is 1.81 bits per heavy atom. The van der Waals surface area contributed by atoms with Gasteiger partial charge in [0.05, 0.1) is 16.8 Å². The molecule has 0 bridgehead atoms. The number of furan rings is 1. The van der Waals surface area contributed by atoms with E-state index in [1.807, 2.05) is 37.3 Å². The van der Waals surface area contributed by atoms with Gasteiger partial charge in [0.25, 0.3) is 5.91 Å². The molecule has 0 saturated heterocycles. The van der Waals surface area contributed by atoms with Crippen LogP contribution in [0.3, 0.4) is 0 Å². The van der Waals surface area contributed by atoms with Crippen molar-refractivity contribution in [3.8, 4) is 10.8 Å². The first-order chi connectivity index (χ1) is 13.1. The highest BCUT2D eigenvalue weighted by Gasteiger charge is 2.17. The number of hydrogen-bond acceptors (Lipinski definition) is 5. The van der Waals surface area contributed by atoms with Crippen molar-refractivity contribution in [2.45, 2.75) is 13.5 Å². The number of fused-ring (bicyclic) bond motifs is 1. The SMILES string of the molecule is Cc1ccc(C(=O)C(=O)NCc2ccc(-c3nc4ccccc4s3)o2)cc1. The van der Waals surface area contributed by atoms with Crippen molar-refractivity contribution in [1.82, 2.24) is 10.3 Å². The van der Waals surface area contributed by atoms with Crippen molar-refractivity contribution in [3.63, 3.8) is 0 Å². The van der Waals surface area contributed by atoms with Crippen LogP contribution in [-0.2, 0) is 11.3 Å². The minimum Gasteiger partial charge on any atom is -0.457 e. The summed E-state index contributed by atoms with van der Waals surface area (Å²) in [4.78, 5) is 28.8. The molecule has 0 saturated carbocycles. The van der Waals surface area contributed by atoms with Crippen LogP contribution in [0.1, 0.15) is 21.7 Å². The third-order valence-electron chi connectivity index (χ3n) is 4.11. The lowest BCUT2D eigenvalue weighted by atomic mass is 10.1. The Bertz CT molecular complexity index is 1090. The number of aromatic nitrogens is 1. The van der Waals surface area contributed by atoms with Gasteiger partial charge in [0.1, 0.15) is 5.76 Å². The summed E-state index contributed by atoms with van der Waals surface area (Å²) in [5.41, 5.74) is 2.32. The molecule has 4 rings (SSSR count). The summed E-state index contributed by atoms with van der Waals surface area (Å²) in [6, 6.07) is 18.4. The van der Waals surface area contributed by atoms with E-state index in [-0.39, 0.29) is 6.54 Å². The molecule has 0 aliphatic carbocycles. The first kappa shape index (κ1) is 17.2. The Morgan fingerprint density at radius 3 is 2.59 bits per heavy atom. The molecule has 1 amide bonds. The lowest BCUT2D eigenvalue weighted by molar-refractivity contribution is -0.117. The quantitative estimate of drug-likeness (QED) is 0.415. The van der Waals surface area contributed by atoms with E-state index in [0.29, 0.717) is 17.1 Å². The summed E-state index contributed by atoms with van der Waals surface area (Å²) >= 11 is 1.55. The van der Waals surface area contributed by atoms with E-state index in [1.165, 1.54) is 0 Å². The van der Waals surface area contributed by atoms with Crippen LogP contribution in [0, 0.1) is 6.92 Å². The van der Waals surface area contributed by atoms with Gasteiger partial charge in [-0.15, -0.1) is 11.3 Å². The fourth-order valence-corrected chi connectivity index (χ4v) is 3.58. The summed E-state index contributed by atoms with van der Waals surface area (Å²) in [6.07, 6.45) is 0. The number of carbonyl (C=O) groups is 2. The molecule has 27 heavy (non-hydrogen) atoms. The van der Waals surface area contributed by atoms with Gasteiger partial charge in [0.15, 0.2) is 10.8 Å². The number of nitrogens with zero attached hydrogens (tertiary/aromatic N) is 1. The van der Waals surface area contributed by atoms with Gasteiger partial charge in [-0.25, -0.2) is 4.98 Å². The number of rotatable bonds is 5. The van der Waals surface area contributed by atoms with Gasteiger partial charge >= 0.3 is 0 Å². The largest absolute Gasteiger partial charge is 0.457 e. The van der Waals surface area contributed by atoms with Crippen LogP contribution >= 0.6 is 11.3 Å². The van der Waals surface area contributed by atoms with E-state index in [2.05, 4.69) is 10.3 Å². The van der Waals surface area contributed by atoms with E-state index >= 15 is 0 Å². The molecule has 2 aromatic carbocycles. The van der Waals surface area contributed by atoms with Gasteiger partial charge in [0, 0.05) is 5.56 Å². The molecule has 0 unspecified atom stereocenters. The zero-order chi connectivity index (χ0) is 18.8. The molecular weight excluding hydrogens is 360 g/mol. The van der Waals surface area contributed by atoms with Crippen molar-refractivity contribution < 1.29 is 14.0 Å². The molecule has 0 radical (unpaired) electrons. The number of hydrogen-bond donors (Lipinski definition) is 1. The van der Waals surface area contributed by atoms with E-state index in [4.69, 9.17) is 4.42 Å². The Morgan fingerprint density at radius 1 is 1.04 bits per heavy atom. The highest BCUT2D eigenvalue weighted by atomic mass is 32.1. The average Bonchev–Trinajstić information content (AvgIpc) is 3.32. The van der Waals surface area contributed by atoms with Gasteiger partial charge < -0.3 is 9.73 Å². The number of ketones is 1. The maximum absolute atomic E-state index is 12.2. The van der Waals surface area contributed by atoms with E-state index < -0.39 is 11.7 Å². The lowest BCUT2D eigenvalue weighted by Gasteiger charge is -2.03. The molecular formula is C21H16N2O3S. The van der Waals surface area contributed by atoms with E-state index in [1.54, 1.807) is 41.7 Å². The second-order valence-electron chi connectivity index (χ2n) is 6.13. The summed E-state index contributed by atoms with van der Waals surface area (Å²) < 4.78 is 6.86. The highest BCUT2D eigenvalue weighted by molar-refractivity contribution is 7.21. The van der Waals surface area contributed by atoms with Crippen LogP contribution in [0.2, 0.25) is 0 Å². The third kappa shape index (κ3) is 3.66. The van der Waals surface area contributed by atoms with Gasteiger partial charge in [-0.05, 0) is 31.2 Å². The number of para-hydroxylation sites is 1. The first-order valence-corrected chi connectivity index (χ1v) is 9.25. The Hall–Kier alpha value is -3.25. The summed E-state index contributed by atoms with van der Waals surface area (Å²) in [7, 11) is 0. The molecule has 1 N–H and O–H groups in total. The molecule has 5 nitrogen and oxygen atoms in total. The smallest absolute Gasteiger partial charge is 0.292 e. The van der Waals surface area contributed by atoms with Crippen molar-refractivity contribution >= 4 is 33.2 Å². The topological polar surface area (TPSA) is 72.2 Å². The average molecular weight is 376 g/mol. The summed E-state index contributed by atoms with van der Waals surface area (Å²) in [5.74, 6) is -0.00985. The van der Waals surface area contributed by atoms with Crippen LogP contribution in [0.15, 0.2) is 65.1 Å². The molecule has 0 aliphatic rings. The van der Waals surface area contributed by atoms with E-state index in [9.17, 15) is 9.59 Å². The number of carbonyl (C=O) groups excluding carboxylic acids is 2. The molecule has 0 atom stereocenters. The Labute approximate surface area is 159 Å². The van der Waals surface area contributed by atoms with Gasteiger partial charge in [0.2, 0.25) is 5.78 Å². The minimum absolute atomic E-state index is 0.140. The molecule has 4 aromatic rings. The van der Waals surface area contributed by atoms with Crippen LogP contribution in [0.25, 0.3) is 21.0 Å². The molecule has 2 aromatic heterocycles. The van der Waals surface area contributed by atoms with Crippen molar-refractivity contribution in [1.29, 1.82) is 0 Å². The number of amides is 1. The van der Waals surface area contributed by atoms with Gasteiger partial charge in [-0.3, -0.25) is 9.59 Å². The van der Waals surface area contributed by atoms with Crippen LogP contribution in [0.4, 0.5) is 0 Å². The maximum atomic E-state index is 12.2. The van der Waals surface area contributed by atoms with Crippen molar-refractivity contribution in [3.05, 3.63) is 77.6 Å². The normalized spacial score (nSPS) is 10.9. The van der Waals surface area contributed by atoms with Crippen LogP contribution < -0.4 is 5.32 Å². The maximum Gasteiger partial charge on any atom is 0.292 e. The molecule has 0 aliphatic heterocycles. The Kier molecular flexibility index (Phi) is 4.56. The zero-order valence-corrected chi connectivity index (χ0v) is 15.4. The van der Waals surface area contributed by atoms with Gasteiger partial charge in [-0.1, -0.05) is 42.0 Å². The first-order valence-electron chi connectivity index (χ1n) is 8.44. The molecule has 134 valence electrons. The van der Waals surface area contributed by atoms with Gasteiger partial charge in [-0.2, -0.15) is 0 Å². The number of nitrogens with one attached hydrogen (secondary N) is 1. The monoisotopic (exact) mass is 376 g/mol. The number of thiazole rings is 1. The zero-order valence-electron chi connectivity index (χ0n) is 14.6. The predicted octanol–water partition coefficient (Wildman–Crippen LogP) is 4.36. The standard InChI is InChI=1S/C21H16N2O3S/c1-13-6-8-14(9-7-13)19(24)20(25)22-12-15-10-11-17(26-15)21-23-16-4-2-3-5-18(16)27-21/h2-11H,12H2,1H3,(H,22,25).